The van der Waals surface area contributed by atoms with Gasteiger partial charge in [0.1, 0.15) is 5.01 Å². The summed E-state index contributed by atoms with van der Waals surface area (Å²) in [7, 11) is 0. The van der Waals surface area contributed by atoms with Crippen LogP contribution in [-0.4, -0.2) is 22.3 Å². The van der Waals surface area contributed by atoms with Crippen LogP contribution in [0, 0.1) is 6.92 Å². The number of aliphatic hydroxyl groups is 1. The highest BCUT2D eigenvalue weighted by atomic mass is 32.1. The zero-order valence-electron chi connectivity index (χ0n) is 21.9. The second-order valence-corrected chi connectivity index (χ2v) is 11.6. The van der Waals surface area contributed by atoms with E-state index >= 15 is 0 Å². The Labute approximate surface area is 240 Å². The molecule has 0 spiro atoms. The Balaban J connectivity index is 1.15. The van der Waals surface area contributed by atoms with Gasteiger partial charge < -0.3 is 19.9 Å². The van der Waals surface area contributed by atoms with Crippen molar-refractivity contribution in [2.45, 2.75) is 38.8 Å². The van der Waals surface area contributed by atoms with Gasteiger partial charge in [-0.1, -0.05) is 30.3 Å². The number of aromatic nitrogens is 1. The minimum Gasteiger partial charge on any atom is -0.459 e. The molecule has 0 aliphatic carbocycles. The SMILES string of the molecule is Cc1ccc2nc(-c3ccc(NC(=O)C4=C[C@@H](c5ccsc5)C[C@@H](OCc5ccc(CO)cc5)O4)cc3)sc2c1. The third kappa shape index (κ3) is 6.00. The summed E-state index contributed by atoms with van der Waals surface area (Å²) in [5, 5.41) is 17.3. The van der Waals surface area contributed by atoms with Crippen LogP contribution in [0.15, 0.2) is 95.4 Å². The molecule has 0 fully saturated rings. The first-order valence-corrected chi connectivity index (χ1v) is 14.8. The summed E-state index contributed by atoms with van der Waals surface area (Å²) < 4.78 is 13.3. The maximum absolute atomic E-state index is 13.3. The number of thiazole rings is 1. The van der Waals surface area contributed by atoms with Gasteiger partial charge in [-0.3, -0.25) is 4.79 Å². The number of aliphatic hydroxyl groups excluding tert-OH is 1. The fraction of sp³-hybridized carbons (Fsp3) is 0.188. The number of hydrogen-bond donors (Lipinski definition) is 2. The van der Waals surface area contributed by atoms with Gasteiger partial charge in [0, 0.05) is 23.6 Å². The molecule has 1 aliphatic heterocycles. The van der Waals surface area contributed by atoms with Crippen molar-refractivity contribution in [1.82, 2.24) is 4.98 Å². The van der Waals surface area contributed by atoms with E-state index in [-0.39, 0.29) is 24.2 Å². The van der Waals surface area contributed by atoms with Gasteiger partial charge >= 0.3 is 0 Å². The monoisotopic (exact) mass is 568 g/mol. The summed E-state index contributed by atoms with van der Waals surface area (Å²) in [5.41, 5.74) is 6.83. The molecule has 3 aromatic carbocycles. The molecule has 2 N–H and O–H groups in total. The van der Waals surface area contributed by atoms with Crippen molar-refractivity contribution in [1.29, 1.82) is 0 Å². The van der Waals surface area contributed by atoms with Crippen molar-refractivity contribution in [3.63, 3.8) is 0 Å². The third-order valence-electron chi connectivity index (χ3n) is 6.83. The first-order valence-electron chi connectivity index (χ1n) is 13.0. The number of rotatable bonds is 8. The predicted octanol–water partition coefficient (Wildman–Crippen LogP) is 7.39. The van der Waals surface area contributed by atoms with Gasteiger partial charge in [0.25, 0.3) is 5.91 Å². The zero-order chi connectivity index (χ0) is 27.5. The number of anilines is 1. The number of amides is 1. The first-order chi connectivity index (χ1) is 19.5. The number of aryl methyl sites for hydroxylation is 1. The van der Waals surface area contributed by atoms with E-state index in [1.54, 1.807) is 22.7 Å². The number of allylic oxidation sites excluding steroid dienone is 1. The van der Waals surface area contributed by atoms with Crippen LogP contribution in [0.4, 0.5) is 5.69 Å². The van der Waals surface area contributed by atoms with Crippen molar-refractivity contribution >= 4 is 44.5 Å². The highest BCUT2D eigenvalue weighted by Crippen LogP contribution is 2.34. The number of hydrogen-bond acceptors (Lipinski definition) is 7. The van der Waals surface area contributed by atoms with Crippen molar-refractivity contribution < 1.29 is 19.4 Å². The summed E-state index contributed by atoms with van der Waals surface area (Å²) in [6, 6.07) is 23.6. The van der Waals surface area contributed by atoms with Crippen LogP contribution in [0.2, 0.25) is 0 Å². The van der Waals surface area contributed by atoms with Crippen LogP contribution in [0.3, 0.4) is 0 Å². The number of nitrogens with zero attached hydrogens (tertiary/aromatic N) is 1. The average Bonchev–Trinajstić information content (AvgIpc) is 3.67. The number of benzene rings is 3. The Kier molecular flexibility index (Phi) is 7.75. The van der Waals surface area contributed by atoms with Gasteiger partial charge in [0.2, 0.25) is 6.29 Å². The number of fused-ring (bicyclic) bond motifs is 1. The maximum Gasteiger partial charge on any atom is 0.290 e. The molecule has 0 radical (unpaired) electrons. The Morgan fingerprint density at radius 3 is 2.62 bits per heavy atom. The summed E-state index contributed by atoms with van der Waals surface area (Å²) in [4.78, 5) is 18.0. The van der Waals surface area contributed by atoms with Gasteiger partial charge in [0.15, 0.2) is 5.76 Å². The van der Waals surface area contributed by atoms with Gasteiger partial charge in [-0.25, -0.2) is 4.98 Å². The van der Waals surface area contributed by atoms with E-state index in [0.29, 0.717) is 18.7 Å². The van der Waals surface area contributed by atoms with Crippen molar-refractivity contribution in [2.75, 3.05) is 5.32 Å². The number of carbonyl (C=O) groups excluding carboxylic acids is 1. The Morgan fingerprint density at radius 2 is 1.88 bits per heavy atom. The predicted molar refractivity (Wildman–Crippen MR) is 160 cm³/mol. The topological polar surface area (TPSA) is 80.7 Å². The normalized spacial score (nSPS) is 16.9. The van der Waals surface area contributed by atoms with Crippen LogP contribution >= 0.6 is 22.7 Å². The number of ether oxygens (including phenoxy) is 2. The molecule has 1 amide bonds. The molecule has 5 aromatic rings. The quantitative estimate of drug-likeness (QED) is 0.204. The van der Waals surface area contributed by atoms with E-state index in [1.807, 2.05) is 66.1 Å². The summed E-state index contributed by atoms with van der Waals surface area (Å²) in [6.45, 7) is 2.42. The lowest BCUT2D eigenvalue weighted by atomic mass is 9.95. The Hall–Kier alpha value is -3.82. The zero-order valence-corrected chi connectivity index (χ0v) is 23.5. The third-order valence-corrected chi connectivity index (χ3v) is 8.60. The van der Waals surface area contributed by atoms with Crippen molar-refractivity contribution in [3.8, 4) is 10.6 Å². The van der Waals surface area contributed by atoms with Crippen LogP contribution in [0.1, 0.15) is 34.6 Å². The summed E-state index contributed by atoms with van der Waals surface area (Å²) >= 11 is 3.28. The summed E-state index contributed by atoms with van der Waals surface area (Å²) in [6.07, 6.45) is 1.92. The van der Waals surface area contributed by atoms with Crippen molar-refractivity contribution in [3.05, 3.63) is 118 Å². The molecule has 0 unspecified atom stereocenters. The minimum atomic E-state index is -0.571. The second kappa shape index (κ2) is 11.7. The molecule has 0 bridgehead atoms. The lowest BCUT2D eigenvalue weighted by Crippen LogP contribution is -2.29. The molecular weight excluding hydrogens is 540 g/mol. The molecule has 202 valence electrons. The van der Waals surface area contributed by atoms with Crippen molar-refractivity contribution in [2.24, 2.45) is 0 Å². The molecule has 0 saturated heterocycles. The van der Waals surface area contributed by atoms with Crippen LogP contribution in [0.5, 0.6) is 0 Å². The van der Waals surface area contributed by atoms with E-state index in [4.69, 9.17) is 14.5 Å². The summed E-state index contributed by atoms with van der Waals surface area (Å²) in [5.74, 6) is -0.0645. The molecule has 40 heavy (non-hydrogen) atoms. The molecule has 0 saturated carbocycles. The van der Waals surface area contributed by atoms with E-state index in [2.05, 4.69) is 35.8 Å². The lowest BCUT2D eigenvalue weighted by Gasteiger charge is -2.29. The molecule has 2 aromatic heterocycles. The van der Waals surface area contributed by atoms with Crippen LogP contribution in [0.25, 0.3) is 20.8 Å². The Bertz CT molecular complexity index is 1640. The Morgan fingerprint density at radius 1 is 1.07 bits per heavy atom. The molecule has 8 heteroatoms. The van der Waals surface area contributed by atoms with Gasteiger partial charge in [-0.15, -0.1) is 11.3 Å². The number of nitrogens with one attached hydrogen (secondary N) is 1. The fourth-order valence-electron chi connectivity index (χ4n) is 4.61. The number of thiophene rings is 1. The highest BCUT2D eigenvalue weighted by molar-refractivity contribution is 7.21. The van der Waals surface area contributed by atoms with Crippen LogP contribution in [-0.2, 0) is 27.5 Å². The molecule has 1 aliphatic rings. The van der Waals surface area contributed by atoms with E-state index < -0.39 is 6.29 Å². The van der Waals surface area contributed by atoms with E-state index in [0.717, 1.165) is 37.5 Å². The van der Waals surface area contributed by atoms with E-state index in [1.165, 1.54) is 5.56 Å². The van der Waals surface area contributed by atoms with Gasteiger partial charge in [-0.05, 0) is 88.5 Å². The fourth-order valence-corrected chi connectivity index (χ4v) is 6.40. The van der Waals surface area contributed by atoms with Gasteiger partial charge in [-0.2, -0.15) is 11.3 Å². The maximum atomic E-state index is 13.3. The first kappa shape index (κ1) is 26.4. The van der Waals surface area contributed by atoms with Crippen LogP contribution < -0.4 is 5.32 Å². The molecule has 2 atom stereocenters. The standard InChI is InChI=1S/C32H28N2O4S2/c1-20-2-11-27-29(14-20)40-32(34-27)23-7-9-26(10-8-23)33-31(36)28-15-25(24-12-13-39-19-24)16-30(38-28)37-18-22-5-3-21(17-35)4-6-22/h2-15,19,25,30,35H,16-18H2,1H3,(H,33,36)/t25-,30+/m1/s1. The molecule has 3 heterocycles. The van der Waals surface area contributed by atoms with Gasteiger partial charge in [0.05, 0.1) is 23.4 Å². The average molecular weight is 569 g/mol. The molecular formula is C32H28N2O4S2. The highest BCUT2D eigenvalue weighted by Gasteiger charge is 2.29. The molecule has 6 nitrogen and oxygen atoms in total. The lowest BCUT2D eigenvalue weighted by molar-refractivity contribution is -0.147. The smallest absolute Gasteiger partial charge is 0.290 e. The number of carbonyl (C=O) groups is 1. The second-order valence-electron chi connectivity index (χ2n) is 9.78. The van der Waals surface area contributed by atoms with E-state index in [9.17, 15) is 9.90 Å². The largest absolute Gasteiger partial charge is 0.459 e. The molecule has 6 rings (SSSR count). The minimum absolute atomic E-state index is 0.00286.